The summed E-state index contributed by atoms with van der Waals surface area (Å²) in [5, 5.41) is 12.4. The second-order valence-corrected chi connectivity index (χ2v) is 5.27. The van der Waals surface area contributed by atoms with Crippen LogP contribution in [0.2, 0.25) is 0 Å². The predicted molar refractivity (Wildman–Crippen MR) is 61.1 cm³/mol. The fourth-order valence-electron chi connectivity index (χ4n) is 2.77. The van der Waals surface area contributed by atoms with E-state index in [4.69, 9.17) is 0 Å². The van der Waals surface area contributed by atoms with Gasteiger partial charge in [-0.15, -0.1) is 10.2 Å². The molecule has 0 aliphatic carbocycles. The zero-order chi connectivity index (χ0) is 10.1. The van der Waals surface area contributed by atoms with E-state index in [1.54, 1.807) is 16.8 Å². The van der Waals surface area contributed by atoms with Crippen LogP contribution in [-0.2, 0) is 0 Å². The highest BCUT2D eigenvalue weighted by Crippen LogP contribution is 2.28. The molecule has 1 N–H and O–H groups in total. The van der Waals surface area contributed by atoms with E-state index in [-0.39, 0.29) is 0 Å². The SMILES string of the molecule is c1nnc(NC2CCN3CCCC3C2)s1. The molecule has 2 atom stereocenters. The number of anilines is 1. The van der Waals surface area contributed by atoms with Crippen LogP contribution in [0.15, 0.2) is 5.51 Å². The molecular weight excluding hydrogens is 208 g/mol. The molecule has 82 valence electrons. The smallest absolute Gasteiger partial charge is 0.205 e. The van der Waals surface area contributed by atoms with E-state index >= 15 is 0 Å². The van der Waals surface area contributed by atoms with Crippen molar-refractivity contribution in [1.29, 1.82) is 0 Å². The highest BCUT2D eigenvalue weighted by Gasteiger charge is 2.31. The van der Waals surface area contributed by atoms with E-state index < -0.39 is 0 Å². The van der Waals surface area contributed by atoms with Crippen molar-refractivity contribution >= 4 is 16.5 Å². The minimum Gasteiger partial charge on any atom is -0.357 e. The van der Waals surface area contributed by atoms with Crippen molar-refractivity contribution in [3.8, 4) is 0 Å². The summed E-state index contributed by atoms with van der Waals surface area (Å²) in [6.45, 7) is 2.57. The third-order valence-electron chi connectivity index (χ3n) is 3.51. The van der Waals surface area contributed by atoms with Gasteiger partial charge in [0.25, 0.3) is 0 Å². The van der Waals surface area contributed by atoms with Crippen LogP contribution in [0.4, 0.5) is 5.13 Å². The Bertz CT molecular complexity index is 313. The van der Waals surface area contributed by atoms with E-state index in [9.17, 15) is 0 Å². The Morgan fingerprint density at radius 2 is 2.40 bits per heavy atom. The van der Waals surface area contributed by atoms with Gasteiger partial charge in [0.05, 0.1) is 0 Å². The van der Waals surface area contributed by atoms with Crippen molar-refractivity contribution in [3.63, 3.8) is 0 Å². The number of hydrogen-bond acceptors (Lipinski definition) is 5. The molecule has 2 unspecified atom stereocenters. The Morgan fingerprint density at radius 3 is 3.27 bits per heavy atom. The van der Waals surface area contributed by atoms with Crippen molar-refractivity contribution in [3.05, 3.63) is 5.51 Å². The summed E-state index contributed by atoms with van der Waals surface area (Å²) >= 11 is 1.59. The molecule has 0 spiro atoms. The monoisotopic (exact) mass is 224 g/mol. The van der Waals surface area contributed by atoms with E-state index in [2.05, 4.69) is 20.4 Å². The Balaban J connectivity index is 1.59. The summed E-state index contributed by atoms with van der Waals surface area (Å²) in [5.74, 6) is 0. The number of nitrogens with zero attached hydrogens (tertiary/aromatic N) is 3. The van der Waals surface area contributed by atoms with Crippen molar-refractivity contribution in [2.45, 2.75) is 37.8 Å². The zero-order valence-corrected chi connectivity index (χ0v) is 9.54. The molecule has 0 aromatic carbocycles. The van der Waals surface area contributed by atoms with E-state index in [0.29, 0.717) is 6.04 Å². The maximum Gasteiger partial charge on any atom is 0.205 e. The van der Waals surface area contributed by atoms with Crippen LogP contribution in [0, 0.1) is 0 Å². The van der Waals surface area contributed by atoms with Crippen molar-refractivity contribution in [2.75, 3.05) is 18.4 Å². The lowest BCUT2D eigenvalue weighted by Gasteiger charge is -2.34. The molecule has 2 fully saturated rings. The largest absolute Gasteiger partial charge is 0.357 e. The Morgan fingerprint density at radius 1 is 1.40 bits per heavy atom. The van der Waals surface area contributed by atoms with Crippen molar-refractivity contribution in [2.24, 2.45) is 0 Å². The maximum atomic E-state index is 4.04. The molecule has 0 radical (unpaired) electrons. The van der Waals surface area contributed by atoms with Gasteiger partial charge >= 0.3 is 0 Å². The van der Waals surface area contributed by atoms with Crippen LogP contribution in [0.3, 0.4) is 0 Å². The fraction of sp³-hybridized carbons (Fsp3) is 0.800. The standard InChI is InChI=1S/C10H16N4S/c1-2-9-6-8(3-5-14(9)4-1)12-10-13-11-7-15-10/h7-9H,1-6H2,(H,12,13). The van der Waals surface area contributed by atoms with Gasteiger partial charge in [0.2, 0.25) is 5.13 Å². The van der Waals surface area contributed by atoms with Gasteiger partial charge in [0, 0.05) is 18.6 Å². The first kappa shape index (κ1) is 9.54. The minimum atomic E-state index is 0.609. The second kappa shape index (κ2) is 4.06. The molecule has 1 aromatic heterocycles. The zero-order valence-electron chi connectivity index (χ0n) is 8.72. The molecule has 0 bridgehead atoms. The lowest BCUT2D eigenvalue weighted by atomic mass is 9.98. The Labute approximate surface area is 93.7 Å². The van der Waals surface area contributed by atoms with E-state index in [0.717, 1.165) is 11.2 Å². The number of hydrogen-bond donors (Lipinski definition) is 1. The van der Waals surface area contributed by atoms with Crippen LogP contribution in [0.5, 0.6) is 0 Å². The summed E-state index contributed by atoms with van der Waals surface area (Å²) < 4.78 is 0. The number of rotatable bonds is 2. The first-order chi connectivity index (χ1) is 7.42. The molecule has 15 heavy (non-hydrogen) atoms. The number of nitrogens with one attached hydrogen (secondary N) is 1. The second-order valence-electron chi connectivity index (χ2n) is 4.44. The van der Waals surface area contributed by atoms with Gasteiger partial charge in [0.15, 0.2) is 0 Å². The molecule has 4 nitrogen and oxygen atoms in total. The van der Waals surface area contributed by atoms with E-state index in [1.165, 1.54) is 38.8 Å². The molecule has 2 aliphatic rings. The van der Waals surface area contributed by atoms with E-state index in [1.807, 2.05) is 0 Å². The quantitative estimate of drug-likeness (QED) is 0.828. The number of fused-ring (bicyclic) bond motifs is 1. The number of piperidine rings is 1. The molecule has 3 rings (SSSR count). The first-order valence-electron chi connectivity index (χ1n) is 5.68. The topological polar surface area (TPSA) is 41.1 Å². The Hall–Kier alpha value is -0.680. The summed E-state index contributed by atoms with van der Waals surface area (Å²) in [6, 6.07) is 1.43. The summed E-state index contributed by atoms with van der Waals surface area (Å²) in [4.78, 5) is 2.64. The highest BCUT2D eigenvalue weighted by molar-refractivity contribution is 7.13. The Kier molecular flexibility index (Phi) is 2.58. The summed E-state index contributed by atoms with van der Waals surface area (Å²) in [6.07, 6.45) is 5.29. The first-order valence-corrected chi connectivity index (χ1v) is 6.56. The third-order valence-corrected chi connectivity index (χ3v) is 4.13. The average molecular weight is 224 g/mol. The fourth-order valence-corrected chi connectivity index (χ4v) is 3.29. The summed E-state index contributed by atoms with van der Waals surface area (Å²) in [5.41, 5.74) is 1.78. The van der Waals surface area contributed by atoms with Crippen LogP contribution >= 0.6 is 11.3 Å². The van der Waals surface area contributed by atoms with Gasteiger partial charge in [-0.1, -0.05) is 11.3 Å². The highest BCUT2D eigenvalue weighted by atomic mass is 32.1. The van der Waals surface area contributed by atoms with Crippen LogP contribution in [0.1, 0.15) is 25.7 Å². The average Bonchev–Trinajstić information content (AvgIpc) is 2.87. The summed E-state index contributed by atoms with van der Waals surface area (Å²) in [7, 11) is 0. The lowest BCUT2D eigenvalue weighted by molar-refractivity contribution is 0.188. The molecule has 3 heterocycles. The molecule has 1 aromatic rings. The number of aromatic nitrogens is 2. The van der Waals surface area contributed by atoms with Crippen molar-refractivity contribution in [1.82, 2.24) is 15.1 Å². The van der Waals surface area contributed by atoms with Crippen LogP contribution < -0.4 is 5.32 Å². The van der Waals surface area contributed by atoms with Gasteiger partial charge < -0.3 is 10.2 Å². The lowest BCUT2D eigenvalue weighted by Crippen LogP contribution is -2.42. The van der Waals surface area contributed by atoms with Gasteiger partial charge in [-0.05, 0) is 32.2 Å². The van der Waals surface area contributed by atoms with Crippen LogP contribution in [-0.4, -0.2) is 40.3 Å². The molecule has 0 amide bonds. The van der Waals surface area contributed by atoms with Gasteiger partial charge in [-0.25, -0.2) is 0 Å². The molecule has 0 saturated carbocycles. The van der Waals surface area contributed by atoms with Crippen molar-refractivity contribution < 1.29 is 0 Å². The minimum absolute atomic E-state index is 0.609. The van der Waals surface area contributed by atoms with Gasteiger partial charge in [0.1, 0.15) is 5.51 Å². The van der Waals surface area contributed by atoms with Crippen LogP contribution in [0.25, 0.3) is 0 Å². The molecule has 5 heteroatoms. The normalized spacial score (nSPS) is 31.5. The van der Waals surface area contributed by atoms with Gasteiger partial charge in [-0.3, -0.25) is 0 Å². The predicted octanol–water partition coefficient (Wildman–Crippen LogP) is 1.58. The molecule has 2 aliphatic heterocycles. The molecular formula is C10H16N4S. The van der Waals surface area contributed by atoms with Gasteiger partial charge in [-0.2, -0.15) is 0 Å². The maximum absolute atomic E-state index is 4.04. The third kappa shape index (κ3) is 1.99. The molecule has 2 saturated heterocycles.